The molecule has 0 radical (unpaired) electrons. The fourth-order valence-electron chi connectivity index (χ4n) is 5.38. The molecule has 7 nitrogen and oxygen atoms in total. The Morgan fingerprint density at radius 2 is 1.87 bits per heavy atom. The van der Waals surface area contributed by atoms with Gasteiger partial charge in [0.25, 0.3) is 0 Å². The molecule has 0 aromatic carbocycles. The predicted octanol–water partition coefficient (Wildman–Crippen LogP) is 3.70. The molecule has 2 aliphatic rings. The Labute approximate surface area is 183 Å². The minimum absolute atomic E-state index is 0.582. The first-order valence-corrected chi connectivity index (χ1v) is 11.2. The molecular formula is C24H31N7. The van der Waals surface area contributed by atoms with Gasteiger partial charge in [-0.05, 0) is 77.1 Å². The average molecular weight is 418 g/mol. The van der Waals surface area contributed by atoms with Crippen LogP contribution in [0, 0.1) is 32.6 Å². The summed E-state index contributed by atoms with van der Waals surface area (Å²) in [6.45, 7) is 10.4. The van der Waals surface area contributed by atoms with Crippen LogP contribution in [0.1, 0.15) is 36.7 Å². The fourth-order valence-corrected chi connectivity index (χ4v) is 5.38. The van der Waals surface area contributed by atoms with Crippen LogP contribution in [0.4, 0.5) is 5.69 Å². The molecule has 2 atom stereocenters. The second-order valence-corrected chi connectivity index (χ2v) is 9.21. The first-order chi connectivity index (χ1) is 14.9. The molecule has 2 bridgehead atoms. The summed E-state index contributed by atoms with van der Waals surface area (Å²) in [4.78, 5) is 21.3. The molecule has 0 amide bonds. The van der Waals surface area contributed by atoms with Gasteiger partial charge in [-0.3, -0.25) is 0 Å². The quantitative estimate of drug-likeness (QED) is 0.520. The van der Waals surface area contributed by atoms with Crippen LogP contribution >= 0.6 is 0 Å². The lowest BCUT2D eigenvalue weighted by molar-refractivity contribution is 0.195. The first-order valence-electron chi connectivity index (χ1n) is 11.2. The molecule has 31 heavy (non-hydrogen) atoms. The fraction of sp³-hybridized carbons (Fsp3) is 0.500. The van der Waals surface area contributed by atoms with E-state index in [0.29, 0.717) is 6.04 Å². The molecular weight excluding hydrogens is 386 g/mol. The van der Waals surface area contributed by atoms with Crippen molar-refractivity contribution < 1.29 is 0 Å². The molecule has 3 aromatic heterocycles. The van der Waals surface area contributed by atoms with Gasteiger partial charge in [0.1, 0.15) is 17.2 Å². The van der Waals surface area contributed by atoms with Crippen molar-refractivity contribution in [3.63, 3.8) is 0 Å². The number of amidine groups is 1. The summed E-state index contributed by atoms with van der Waals surface area (Å²) in [7, 11) is 2.19. The van der Waals surface area contributed by atoms with Crippen molar-refractivity contribution in [3.8, 4) is 11.4 Å². The molecule has 5 rings (SSSR count). The molecule has 162 valence electrons. The number of fused-ring (bicyclic) bond motifs is 3. The van der Waals surface area contributed by atoms with E-state index in [9.17, 15) is 0 Å². The van der Waals surface area contributed by atoms with Crippen molar-refractivity contribution in [3.05, 3.63) is 41.6 Å². The number of hydrogen-bond donors (Lipinski definition) is 1. The van der Waals surface area contributed by atoms with Gasteiger partial charge in [0, 0.05) is 31.0 Å². The van der Waals surface area contributed by atoms with E-state index >= 15 is 0 Å². The lowest BCUT2D eigenvalue weighted by Crippen LogP contribution is -2.51. The number of nitrogens with zero attached hydrogens (tertiary/aromatic N) is 6. The normalized spacial score (nSPS) is 23.5. The van der Waals surface area contributed by atoms with E-state index in [1.807, 2.05) is 32.4 Å². The third kappa shape index (κ3) is 3.61. The second-order valence-electron chi connectivity index (χ2n) is 9.21. The van der Waals surface area contributed by atoms with Crippen LogP contribution in [0.25, 0.3) is 17.0 Å². The molecule has 2 unspecified atom stereocenters. The highest BCUT2D eigenvalue weighted by atomic mass is 15.2. The molecule has 0 spiro atoms. The molecule has 1 aliphatic carbocycles. The number of nitrogens with one attached hydrogen (secondary N) is 1. The van der Waals surface area contributed by atoms with Gasteiger partial charge in [0.05, 0.1) is 17.6 Å². The monoisotopic (exact) mass is 417 g/mol. The van der Waals surface area contributed by atoms with E-state index in [1.54, 1.807) is 0 Å². The van der Waals surface area contributed by atoms with Crippen LogP contribution in [0.2, 0.25) is 0 Å². The number of aromatic nitrogens is 4. The van der Waals surface area contributed by atoms with Crippen molar-refractivity contribution >= 4 is 17.2 Å². The second kappa shape index (κ2) is 7.71. The van der Waals surface area contributed by atoms with Gasteiger partial charge in [-0.1, -0.05) is 0 Å². The van der Waals surface area contributed by atoms with E-state index in [0.717, 1.165) is 70.4 Å². The van der Waals surface area contributed by atoms with E-state index in [1.165, 1.54) is 12.8 Å². The van der Waals surface area contributed by atoms with Crippen LogP contribution in [-0.4, -0.2) is 56.3 Å². The number of aliphatic imine (C=N–C) groups is 1. The minimum atomic E-state index is 0.582. The molecule has 1 aliphatic heterocycles. The summed E-state index contributed by atoms with van der Waals surface area (Å²) in [5.74, 6) is 3.20. The lowest BCUT2D eigenvalue weighted by Gasteiger charge is -2.38. The van der Waals surface area contributed by atoms with E-state index < -0.39 is 0 Å². The maximum atomic E-state index is 4.92. The molecule has 7 heteroatoms. The first kappa shape index (κ1) is 20.1. The Morgan fingerprint density at radius 3 is 2.58 bits per heavy atom. The molecule has 4 heterocycles. The van der Waals surface area contributed by atoms with Gasteiger partial charge in [-0.25, -0.2) is 19.9 Å². The van der Waals surface area contributed by atoms with E-state index in [2.05, 4.69) is 51.5 Å². The lowest BCUT2D eigenvalue weighted by atomic mass is 9.92. The topological polar surface area (TPSA) is 70.7 Å². The Bertz CT molecular complexity index is 1150. The maximum Gasteiger partial charge on any atom is 0.161 e. The summed E-state index contributed by atoms with van der Waals surface area (Å²) in [5, 5.41) is 3.58. The van der Waals surface area contributed by atoms with E-state index in [4.69, 9.17) is 9.98 Å². The smallest absolute Gasteiger partial charge is 0.161 e. The Kier molecular flexibility index (Phi) is 5.01. The predicted molar refractivity (Wildman–Crippen MR) is 124 cm³/mol. The summed E-state index contributed by atoms with van der Waals surface area (Å²) in [6, 6.07) is 2.68. The van der Waals surface area contributed by atoms with Gasteiger partial charge < -0.3 is 14.6 Å². The number of hydrogen-bond acceptors (Lipinski definition) is 5. The van der Waals surface area contributed by atoms with Gasteiger partial charge in [-0.2, -0.15) is 0 Å². The van der Waals surface area contributed by atoms with Crippen LogP contribution in [0.5, 0.6) is 0 Å². The molecule has 3 aromatic rings. The maximum absolute atomic E-state index is 4.92. The summed E-state index contributed by atoms with van der Waals surface area (Å²) in [6.07, 6.45) is 8.56. The van der Waals surface area contributed by atoms with Gasteiger partial charge in [0.15, 0.2) is 5.82 Å². The molecule has 1 N–H and O–H groups in total. The number of pyridine rings is 1. The number of imidazole rings is 1. The summed E-state index contributed by atoms with van der Waals surface area (Å²) >= 11 is 0. The van der Waals surface area contributed by atoms with Crippen molar-refractivity contribution in [1.29, 1.82) is 0 Å². The molecule has 1 saturated carbocycles. The van der Waals surface area contributed by atoms with Crippen molar-refractivity contribution in [2.45, 2.75) is 46.6 Å². The van der Waals surface area contributed by atoms with Crippen molar-refractivity contribution in [2.24, 2.45) is 16.8 Å². The Balaban J connectivity index is 1.42. The van der Waals surface area contributed by atoms with Crippen LogP contribution < -0.4 is 5.32 Å². The Morgan fingerprint density at radius 1 is 1.13 bits per heavy atom. The Hall–Kier alpha value is -2.80. The highest BCUT2D eigenvalue weighted by Gasteiger charge is 2.41. The largest absolute Gasteiger partial charge is 0.360 e. The van der Waals surface area contributed by atoms with Crippen molar-refractivity contribution in [1.82, 2.24) is 29.6 Å². The van der Waals surface area contributed by atoms with Crippen LogP contribution in [0.15, 0.2) is 29.6 Å². The molecule has 1 saturated heterocycles. The molecule has 2 fully saturated rings. The number of rotatable bonds is 3. The third-order valence-electron chi connectivity index (χ3n) is 6.99. The summed E-state index contributed by atoms with van der Waals surface area (Å²) < 4.78 is 2.05. The zero-order valence-corrected chi connectivity index (χ0v) is 19.1. The summed E-state index contributed by atoms with van der Waals surface area (Å²) in [5.41, 5.74) is 5.81. The van der Waals surface area contributed by atoms with Gasteiger partial charge in [-0.15, -0.1) is 0 Å². The average Bonchev–Trinajstić information content (AvgIpc) is 3.24. The SMILES string of the molecule is CC(=Nc1cnc(-c2cc(C)c3nc(C)cn3c2)nc1C)N(C)C1C2CCC1CNC2. The number of piperidine rings is 1. The highest BCUT2D eigenvalue weighted by molar-refractivity contribution is 5.83. The van der Waals surface area contributed by atoms with Crippen molar-refractivity contribution in [2.75, 3.05) is 20.1 Å². The van der Waals surface area contributed by atoms with Crippen LogP contribution in [-0.2, 0) is 0 Å². The number of aryl methyl sites for hydroxylation is 3. The zero-order valence-electron chi connectivity index (χ0n) is 19.1. The van der Waals surface area contributed by atoms with Gasteiger partial charge in [0.2, 0.25) is 0 Å². The van der Waals surface area contributed by atoms with Gasteiger partial charge >= 0.3 is 0 Å². The van der Waals surface area contributed by atoms with E-state index in [-0.39, 0.29) is 0 Å². The minimum Gasteiger partial charge on any atom is -0.360 e. The van der Waals surface area contributed by atoms with Crippen LogP contribution in [0.3, 0.4) is 0 Å². The highest BCUT2D eigenvalue weighted by Crippen LogP contribution is 2.37. The third-order valence-corrected chi connectivity index (χ3v) is 6.99. The standard InChI is InChI=1S/C24H31N7/c1-14-8-20(13-31-12-15(2)27-24(14)31)23-26-11-21(16(3)28-23)29-17(4)30(5)22-18-6-7-19(22)10-25-9-18/h8,11-13,18-19,22,25H,6-7,9-10H2,1-5H3. The zero-order chi connectivity index (χ0) is 21.7.